The van der Waals surface area contributed by atoms with Gasteiger partial charge in [0.1, 0.15) is 0 Å². The zero-order chi connectivity index (χ0) is 20.9. The van der Waals surface area contributed by atoms with Crippen LogP contribution in [0.25, 0.3) is 0 Å². The summed E-state index contributed by atoms with van der Waals surface area (Å²) < 4.78 is 19.5. The van der Waals surface area contributed by atoms with Crippen molar-refractivity contribution in [1.29, 1.82) is 0 Å². The minimum Gasteiger partial charge on any atom is -0.437 e. The molecule has 3 saturated carbocycles. The fourth-order valence-corrected chi connectivity index (χ4v) is 20.7. The summed E-state index contributed by atoms with van der Waals surface area (Å²) in [7, 11) is -5.38. The maximum absolute atomic E-state index is 6.88. The van der Waals surface area contributed by atoms with Crippen LogP contribution >= 0.6 is 0 Å². The van der Waals surface area contributed by atoms with Gasteiger partial charge in [-0.1, -0.05) is 19.3 Å². The second-order valence-electron chi connectivity index (χ2n) is 12.5. The molecule has 0 spiro atoms. The molecule has 6 atom stereocenters. The highest BCUT2D eigenvalue weighted by molar-refractivity contribution is 6.87. The van der Waals surface area contributed by atoms with E-state index in [2.05, 4.69) is 39.3 Å². The van der Waals surface area contributed by atoms with E-state index in [1.807, 2.05) is 0 Å². The summed E-state index contributed by atoms with van der Waals surface area (Å²) in [5, 5.41) is 0. The molecule has 0 aromatic heterocycles. The second-order valence-corrected chi connectivity index (χ2v) is 25.0. The number of ether oxygens (including phenoxy) is 1. The topological polar surface area (TPSA) is 31.0 Å². The highest BCUT2D eigenvalue weighted by Crippen LogP contribution is 2.52. The third-order valence-electron chi connectivity index (χ3n) is 8.12. The number of fused-ring (bicyclic) bond motifs is 2. The standard InChI is InChI=1S/C23H46O3Si3/c1-27(2,13-11-18-7-9-20-17-21(20)15-18)25-29(5,6)26-28(3,4)14-12-19-8-10-22-23(16-19)24-22/h18-23H,7-17H2,1-6H3. The van der Waals surface area contributed by atoms with E-state index in [1.165, 1.54) is 69.9 Å². The van der Waals surface area contributed by atoms with Gasteiger partial charge in [0.05, 0.1) is 12.2 Å². The van der Waals surface area contributed by atoms with Crippen LogP contribution in [0.4, 0.5) is 0 Å². The van der Waals surface area contributed by atoms with Crippen LogP contribution in [0.15, 0.2) is 0 Å². The van der Waals surface area contributed by atoms with Gasteiger partial charge in [-0.25, -0.2) is 0 Å². The van der Waals surface area contributed by atoms with Gasteiger partial charge >= 0.3 is 8.56 Å². The summed E-state index contributed by atoms with van der Waals surface area (Å²) >= 11 is 0. The Bertz CT molecular complexity index is 532. The van der Waals surface area contributed by atoms with Crippen molar-refractivity contribution >= 4 is 25.2 Å². The van der Waals surface area contributed by atoms with Crippen molar-refractivity contribution in [2.75, 3.05) is 0 Å². The van der Waals surface area contributed by atoms with Crippen LogP contribution in [0, 0.1) is 23.7 Å². The van der Waals surface area contributed by atoms with Crippen molar-refractivity contribution in [2.24, 2.45) is 23.7 Å². The summed E-state index contributed by atoms with van der Waals surface area (Å²) in [5.41, 5.74) is 0. The van der Waals surface area contributed by atoms with Crippen LogP contribution in [0.3, 0.4) is 0 Å². The number of hydrogen-bond acceptors (Lipinski definition) is 3. The van der Waals surface area contributed by atoms with Gasteiger partial charge in [-0.2, -0.15) is 0 Å². The van der Waals surface area contributed by atoms with Crippen molar-refractivity contribution < 1.29 is 13.0 Å². The monoisotopic (exact) mass is 454 g/mol. The van der Waals surface area contributed by atoms with Crippen molar-refractivity contribution in [3.05, 3.63) is 0 Å². The molecule has 168 valence electrons. The van der Waals surface area contributed by atoms with E-state index >= 15 is 0 Å². The zero-order valence-corrected chi connectivity index (χ0v) is 23.0. The molecule has 6 unspecified atom stereocenters. The van der Waals surface area contributed by atoms with Crippen LogP contribution in [0.5, 0.6) is 0 Å². The summed E-state index contributed by atoms with van der Waals surface area (Å²) in [6.45, 7) is 14.4. The predicted molar refractivity (Wildman–Crippen MR) is 128 cm³/mol. The summed E-state index contributed by atoms with van der Waals surface area (Å²) in [6, 6.07) is 2.60. The van der Waals surface area contributed by atoms with Gasteiger partial charge in [0, 0.05) is 0 Å². The quantitative estimate of drug-likeness (QED) is 0.265. The molecule has 4 rings (SSSR count). The smallest absolute Gasteiger partial charge is 0.311 e. The van der Waals surface area contributed by atoms with Gasteiger partial charge in [0.2, 0.25) is 0 Å². The Morgan fingerprint density at radius 1 is 0.655 bits per heavy atom. The molecule has 4 fully saturated rings. The number of rotatable bonds is 10. The summed E-state index contributed by atoms with van der Waals surface area (Å²) in [5.74, 6) is 4.07. The highest BCUT2D eigenvalue weighted by Gasteiger charge is 2.45. The summed E-state index contributed by atoms with van der Waals surface area (Å²) in [6.07, 6.45) is 14.0. The normalized spacial score (nSPS) is 37.0. The van der Waals surface area contributed by atoms with E-state index in [0.717, 1.165) is 23.7 Å². The van der Waals surface area contributed by atoms with Crippen molar-refractivity contribution in [3.8, 4) is 0 Å². The fraction of sp³-hybridized carbons (Fsp3) is 1.00. The molecule has 3 nitrogen and oxygen atoms in total. The van der Waals surface area contributed by atoms with Gasteiger partial charge in [0.15, 0.2) is 16.6 Å². The van der Waals surface area contributed by atoms with Gasteiger partial charge in [-0.05, 0) is 114 Å². The van der Waals surface area contributed by atoms with Crippen LogP contribution in [-0.4, -0.2) is 37.4 Å². The first-order valence-corrected chi connectivity index (χ1v) is 21.6. The Hall–Kier alpha value is 0.531. The predicted octanol–water partition coefficient (Wildman–Crippen LogP) is 6.92. The molecule has 1 saturated heterocycles. The van der Waals surface area contributed by atoms with Crippen LogP contribution in [0.1, 0.15) is 57.8 Å². The molecule has 0 bridgehead atoms. The van der Waals surface area contributed by atoms with Crippen LogP contribution < -0.4 is 0 Å². The molecule has 4 aliphatic rings. The molecule has 0 N–H and O–H groups in total. The SMILES string of the molecule is C[Si](C)(CCC1CCC2CC2C1)O[Si](C)(C)O[Si](C)(C)CCC1CCC2OC2C1. The number of hydrogen-bond donors (Lipinski definition) is 0. The molecule has 0 aromatic carbocycles. The molecule has 6 heteroatoms. The lowest BCUT2D eigenvalue weighted by Gasteiger charge is -2.39. The Labute approximate surface area is 183 Å². The molecule has 0 aromatic rings. The molecule has 1 aliphatic heterocycles. The first-order valence-electron chi connectivity index (χ1n) is 12.6. The minimum atomic E-state index is -2.06. The first-order chi connectivity index (χ1) is 13.5. The van der Waals surface area contributed by atoms with Gasteiger partial charge in [-0.3, -0.25) is 0 Å². The molecule has 0 radical (unpaired) electrons. The van der Waals surface area contributed by atoms with E-state index in [4.69, 9.17) is 13.0 Å². The lowest BCUT2D eigenvalue weighted by atomic mass is 9.87. The fourth-order valence-electron chi connectivity index (χ4n) is 6.52. The molecule has 0 amide bonds. The lowest BCUT2D eigenvalue weighted by Crippen LogP contribution is -2.52. The summed E-state index contributed by atoms with van der Waals surface area (Å²) in [4.78, 5) is 0. The van der Waals surface area contributed by atoms with E-state index in [9.17, 15) is 0 Å². The zero-order valence-electron chi connectivity index (χ0n) is 20.0. The third kappa shape index (κ3) is 6.75. The van der Waals surface area contributed by atoms with E-state index in [-0.39, 0.29) is 0 Å². The van der Waals surface area contributed by atoms with E-state index < -0.39 is 25.2 Å². The van der Waals surface area contributed by atoms with E-state index in [1.54, 1.807) is 0 Å². The molecular weight excluding hydrogens is 409 g/mol. The van der Waals surface area contributed by atoms with E-state index in [0.29, 0.717) is 12.2 Å². The van der Waals surface area contributed by atoms with Gasteiger partial charge in [0.25, 0.3) is 0 Å². The molecule has 3 aliphatic carbocycles. The lowest BCUT2D eigenvalue weighted by molar-refractivity contribution is 0.326. The maximum atomic E-state index is 6.88. The maximum Gasteiger partial charge on any atom is 0.311 e. The van der Waals surface area contributed by atoms with Gasteiger partial charge in [-0.15, -0.1) is 0 Å². The Balaban J connectivity index is 1.19. The van der Waals surface area contributed by atoms with Crippen LogP contribution in [-0.2, 0) is 13.0 Å². The second kappa shape index (κ2) is 8.47. The van der Waals surface area contributed by atoms with Gasteiger partial charge < -0.3 is 13.0 Å². The average molecular weight is 455 g/mol. The Kier molecular flexibility index (Phi) is 6.63. The molecule has 1 heterocycles. The van der Waals surface area contributed by atoms with Crippen molar-refractivity contribution in [1.82, 2.24) is 0 Å². The minimum absolute atomic E-state index is 0.607. The van der Waals surface area contributed by atoms with Crippen molar-refractivity contribution in [2.45, 2.75) is 121 Å². The van der Waals surface area contributed by atoms with Crippen molar-refractivity contribution in [3.63, 3.8) is 0 Å². The number of epoxide rings is 1. The Morgan fingerprint density at radius 3 is 1.83 bits per heavy atom. The van der Waals surface area contributed by atoms with Crippen LogP contribution in [0.2, 0.25) is 51.4 Å². The molecule has 29 heavy (non-hydrogen) atoms. The first kappa shape index (κ1) is 22.7. The average Bonchev–Trinajstić information content (AvgIpc) is 3.49. The molecular formula is C23H46O3Si3. The highest BCUT2D eigenvalue weighted by atomic mass is 28.5. The Morgan fingerprint density at radius 2 is 1.24 bits per heavy atom. The third-order valence-corrected chi connectivity index (χ3v) is 19.5. The largest absolute Gasteiger partial charge is 0.437 e.